The van der Waals surface area contributed by atoms with Gasteiger partial charge in [-0.25, -0.2) is 0 Å². The highest BCUT2D eigenvalue weighted by atomic mass is 28.3. The second kappa shape index (κ2) is 3.53. The van der Waals surface area contributed by atoms with E-state index in [9.17, 15) is 5.11 Å². The van der Waals surface area contributed by atoms with Gasteiger partial charge in [-0.3, -0.25) is 0 Å². The normalized spacial score (nSPS) is 34.8. The molecule has 1 nitrogen and oxygen atoms in total. The highest BCUT2D eigenvalue weighted by Gasteiger charge is 2.25. The first kappa shape index (κ1) is 8.28. The van der Waals surface area contributed by atoms with Gasteiger partial charge in [-0.05, 0) is 12.0 Å². The van der Waals surface area contributed by atoms with Crippen molar-refractivity contribution in [1.29, 1.82) is 0 Å². The fourth-order valence-corrected chi connectivity index (χ4v) is 3.50. The quantitative estimate of drug-likeness (QED) is 0.578. The summed E-state index contributed by atoms with van der Waals surface area (Å²) >= 11 is 0. The number of aliphatic hydroxyl groups excluding tert-OH is 1. The minimum atomic E-state index is -0.234. The summed E-state index contributed by atoms with van der Waals surface area (Å²) in [5, 5.41) is 9.56. The van der Waals surface area contributed by atoms with Crippen molar-refractivity contribution in [3.63, 3.8) is 0 Å². The van der Waals surface area contributed by atoms with Crippen molar-refractivity contribution >= 4 is 8.80 Å². The molecule has 0 aliphatic heterocycles. The fraction of sp³-hybridized carbons (Fsp3) is 1.00. The zero-order chi connectivity index (χ0) is 7.56. The molecule has 1 fully saturated rings. The summed E-state index contributed by atoms with van der Waals surface area (Å²) in [7, 11) is -0.234. The lowest BCUT2D eigenvalue weighted by atomic mass is 9.97. The van der Waals surface area contributed by atoms with Crippen molar-refractivity contribution in [1.82, 2.24) is 0 Å². The van der Waals surface area contributed by atoms with Gasteiger partial charge in [0.15, 0.2) is 0 Å². The van der Waals surface area contributed by atoms with Crippen LogP contribution in [0.25, 0.3) is 0 Å². The summed E-state index contributed by atoms with van der Waals surface area (Å²) in [4.78, 5) is 0. The zero-order valence-corrected chi connectivity index (χ0v) is 7.93. The predicted molar refractivity (Wildman–Crippen MR) is 45.7 cm³/mol. The smallest absolute Gasteiger partial charge is 0.0542 e. The van der Waals surface area contributed by atoms with Gasteiger partial charge in [0.2, 0.25) is 0 Å². The Hall–Kier alpha value is 0.177. The summed E-state index contributed by atoms with van der Waals surface area (Å²) in [5.74, 6) is 0. The molecule has 0 heterocycles. The van der Waals surface area contributed by atoms with Gasteiger partial charge in [0.1, 0.15) is 0 Å². The highest BCUT2D eigenvalue weighted by Crippen LogP contribution is 2.31. The van der Waals surface area contributed by atoms with Crippen molar-refractivity contribution in [2.75, 3.05) is 0 Å². The molecule has 2 heteroatoms. The Balaban J connectivity index is 2.40. The van der Waals surface area contributed by atoms with Crippen LogP contribution in [0, 0.1) is 0 Å². The Labute approximate surface area is 65.1 Å². The molecule has 1 N–H and O–H groups in total. The van der Waals surface area contributed by atoms with Crippen LogP contribution in [0.2, 0.25) is 18.6 Å². The van der Waals surface area contributed by atoms with Crippen LogP contribution in [0.1, 0.15) is 25.7 Å². The Morgan fingerprint density at radius 2 is 1.80 bits per heavy atom. The van der Waals surface area contributed by atoms with Gasteiger partial charge in [0.05, 0.1) is 6.10 Å². The third kappa shape index (κ3) is 1.83. The van der Waals surface area contributed by atoms with Crippen LogP contribution >= 0.6 is 0 Å². The van der Waals surface area contributed by atoms with Crippen LogP contribution in [0.4, 0.5) is 0 Å². The molecule has 0 bridgehead atoms. The molecular formula is C8H17OSi. The van der Waals surface area contributed by atoms with Gasteiger partial charge in [-0.2, -0.15) is 0 Å². The lowest BCUT2D eigenvalue weighted by Gasteiger charge is -2.29. The van der Waals surface area contributed by atoms with Gasteiger partial charge in [0, 0.05) is 8.80 Å². The molecule has 59 valence electrons. The molecular weight excluding hydrogens is 140 g/mol. The molecule has 1 saturated carbocycles. The lowest BCUT2D eigenvalue weighted by Crippen LogP contribution is -2.28. The second-order valence-electron chi connectivity index (χ2n) is 3.54. The maximum Gasteiger partial charge on any atom is 0.0542 e. The zero-order valence-electron chi connectivity index (χ0n) is 6.93. The van der Waals surface area contributed by atoms with E-state index in [1.807, 2.05) is 0 Å². The Morgan fingerprint density at radius 1 is 1.20 bits per heavy atom. The number of hydrogen-bond acceptors (Lipinski definition) is 1. The summed E-state index contributed by atoms with van der Waals surface area (Å²) in [6.45, 7) is 4.62. The van der Waals surface area contributed by atoms with Gasteiger partial charge in [-0.15, -0.1) is 0 Å². The predicted octanol–water partition coefficient (Wildman–Crippen LogP) is 2.05. The van der Waals surface area contributed by atoms with E-state index in [0.29, 0.717) is 5.54 Å². The van der Waals surface area contributed by atoms with E-state index >= 15 is 0 Å². The van der Waals surface area contributed by atoms with Crippen molar-refractivity contribution < 1.29 is 5.11 Å². The molecule has 1 radical (unpaired) electrons. The molecule has 0 amide bonds. The Kier molecular flexibility index (Phi) is 2.92. The maximum absolute atomic E-state index is 9.56. The van der Waals surface area contributed by atoms with Crippen LogP contribution in [-0.2, 0) is 0 Å². The van der Waals surface area contributed by atoms with Gasteiger partial charge < -0.3 is 5.11 Å². The highest BCUT2D eigenvalue weighted by molar-refractivity contribution is 6.57. The first-order chi connectivity index (χ1) is 4.72. The topological polar surface area (TPSA) is 20.2 Å². The van der Waals surface area contributed by atoms with Crippen LogP contribution in [0.15, 0.2) is 0 Å². The van der Waals surface area contributed by atoms with Crippen molar-refractivity contribution in [3.05, 3.63) is 0 Å². The van der Waals surface area contributed by atoms with E-state index in [4.69, 9.17) is 0 Å². The molecule has 2 unspecified atom stereocenters. The second-order valence-corrected chi connectivity index (χ2v) is 6.43. The average molecular weight is 157 g/mol. The van der Waals surface area contributed by atoms with Crippen LogP contribution in [-0.4, -0.2) is 20.0 Å². The molecule has 0 saturated heterocycles. The number of hydrogen-bond donors (Lipinski definition) is 1. The minimum Gasteiger partial charge on any atom is -0.393 e. The lowest BCUT2D eigenvalue weighted by molar-refractivity contribution is 0.129. The van der Waals surface area contributed by atoms with Crippen LogP contribution in [0.3, 0.4) is 0 Å². The van der Waals surface area contributed by atoms with Gasteiger partial charge in [0.25, 0.3) is 0 Å². The van der Waals surface area contributed by atoms with Crippen molar-refractivity contribution in [2.45, 2.75) is 50.4 Å². The molecule has 0 aromatic rings. The number of aliphatic hydroxyl groups is 1. The fourth-order valence-electron chi connectivity index (χ4n) is 1.78. The van der Waals surface area contributed by atoms with E-state index in [1.54, 1.807) is 0 Å². The summed E-state index contributed by atoms with van der Waals surface area (Å²) < 4.78 is 0. The van der Waals surface area contributed by atoms with Crippen molar-refractivity contribution in [2.24, 2.45) is 0 Å². The van der Waals surface area contributed by atoms with E-state index in [1.165, 1.54) is 19.3 Å². The Bertz CT molecular complexity index is 103. The molecule has 2 atom stereocenters. The van der Waals surface area contributed by atoms with Gasteiger partial charge >= 0.3 is 0 Å². The first-order valence-corrected chi connectivity index (χ1v) is 6.77. The molecule has 0 aromatic heterocycles. The monoisotopic (exact) mass is 157 g/mol. The molecule has 1 rings (SSSR count). The Morgan fingerprint density at radius 3 is 2.20 bits per heavy atom. The van der Waals surface area contributed by atoms with E-state index in [0.717, 1.165) is 6.42 Å². The largest absolute Gasteiger partial charge is 0.393 e. The third-order valence-corrected chi connectivity index (χ3v) is 4.63. The molecule has 10 heavy (non-hydrogen) atoms. The molecule has 1 aliphatic rings. The molecule has 0 aromatic carbocycles. The SMILES string of the molecule is C[Si](C)C1CCCCC1O. The molecule has 1 aliphatic carbocycles. The van der Waals surface area contributed by atoms with Gasteiger partial charge in [-0.1, -0.05) is 32.4 Å². The average Bonchev–Trinajstić information content (AvgIpc) is 1.88. The summed E-state index contributed by atoms with van der Waals surface area (Å²) in [6.07, 6.45) is 4.96. The third-order valence-electron chi connectivity index (χ3n) is 2.47. The first-order valence-electron chi connectivity index (χ1n) is 4.20. The van der Waals surface area contributed by atoms with E-state index in [2.05, 4.69) is 13.1 Å². The van der Waals surface area contributed by atoms with Crippen molar-refractivity contribution in [3.8, 4) is 0 Å². The standard InChI is InChI=1S/C8H17OSi/c1-10(2)8-6-4-3-5-7(8)9/h7-9H,3-6H2,1-2H3. The number of rotatable bonds is 1. The van der Waals surface area contributed by atoms with E-state index in [-0.39, 0.29) is 14.9 Å². The van der Waals surface area contributed by atoms with E-state index < -0.39 is 0 Å². The molecule has 0 spiro atoms. The summed E-state index contributed by atoms with van der Waals surface area (Å²) in [5.41, 5.74) is 0.679. The summed E-state index contributed by atoms with van der Waals surface area (Å²) in [6, 6.07) is 0. The minimum absolute atomic E-state index is 0.0395. The maximum atomic E-state index is 9.56. The van der Waals surface area contributed by atoms with Crippen LogP contribution in [0.5, 0.6) is 0 Å². The van der Waals surface area contributed by atoms with Crippen LogP contribution < -0.4 is 0 Å².